The average molecular weight is 377 g/mol. The van der Waals surface area contributed by atoms with Gasteiger partial charge in [-0.05, 0) is 43.0 Å². The lowest BCUT2D eigenvalue weighted by molar-refractivity contribution is -0.122. The van der Waals surface area contributed by atoms with Gasteiger partial charge >= 0.3 is 0 Å². The second kappa shape index (κ2) is 7.09. The largest absolute Gasteiger partial charge is 0.359 e. The lowest BCUT2D eigenvalue weighted by Crippen LogP contribution is -2.28. The minimum absolute atomic E-state index is 0.0163. The van der Waals surface area contributed by atoms with Gasteiger partial charge in [0.15, 0.2) is 9.84 Å². The van der Waals surface area contributed by atoms with E-state index in [0.717, 1.165) is 35.5 Å². The number of nitrogens with zero attached hydrogens (tertiary/aromatic N) is 1. The number of sulfone groups is 1. The van der Waals surface area contributed by atoms with Crippen molar-refractivity contribution in [1.82, 2.24) is 10.3 Å². The Morgan fingerprint density at radius 3 is 2.88 bits per heavy atom. The van der Waals surface area contributed by atoms with Crippen LogP contribution in [0.1, 0.15) is 39.9 Å². The van der Waals surface area contributed by atoms with Crippen molar-refractivity contribution in [2.24, 2.45) is 0 Å². The molecule has 0 bridgehead atoms. The summed E-state index contributed by atoms with van der Waals surface area (Å²) >= 11 is 1.60. The number of hydrogen-bond acceptors (Lipinski definition) is 5. The molecule has 1 heterocycles. The summed E-state index contributed by atoms with van der Waals surface area (Å²) in [5.74, 6) is -0.150. The summed E-state index contributed by atoms with van der Waals surface area (Å²) in [6.07, 6.45) is 7.71. The van der Waals surface area contributed by atoms with E-state index in [0.29, 0.717) is 4.90 Å². The molecule has 5 nitrogen and oxygen atoms in total. The Hall–Kier alpha value is -1.99. The van der Waals surface area contributed by atoms with Crippen molar-refractivity contribution >= 4 is 39.2 Å². The quantitative estimate of drug-likeness (QED) is 0.890. The molecule has 132 valence electrons. The molecule has 0 saturated carbocycles. The Morgan fingerprint density at radius 1 is 1.36 bits per heavy atom. The zero-order chi connectivity index (χ0) is 18.0. The molecule has 1 N–H and O–H groups in total. The molecular weight excluding hydrogens is 356 g/mol. The fourth-order valence-corrected chi connectivity index (χ4v) is 4.70. The summed E-state index contributed by atoms with van der Waals surface area (Å²) in [7, 11) is -1.57. The van der Waals surface area contributed by atoms with Crippen LogP contribution in [0.4, 0.5) is 0 Å². The van der Waals surface area contributed by atoms with Gasteiger partial charge in [-0.3, -0.25) is 4.79 Å². The summed E-state index contributed by atoms with van der Waals surface area (Å²) in [5.41, 5.74) is 1.69. The molecule has 3 rings (SSSR count). The van der Waals surface area contributed by atoms with Crippen LogP contribution in [-0.2, 0) is 21.1 Å². The number of thiazole rings is 1. The standard InChI is InChI=1S/C18H20N2O3S2/c1-19-18(21)14-7-4-8-15-17(14)20-16(24-15)10-9-12-5-3-6-13(11-12)25(2,22)23/h3,5-6,9-11,14H,4,7-8H2,1-2H3,(H,19,21)/b10-9+. The van der Waals surface area contributed by atoms with E-state index in [1.807, 2.05) is 18.2 Å². The summed E-state index contributed by atoms with van der Waals surface area (Å²) in [6, 6.07) is 6.81. The molecule has 7 heteroatoms. The van der Waals surface area contributed by atoms with Crippen LogP contribution in [0, 0.1) is 0 Å². The molecule has 0 saturated heterocycles. The van der Waals surface area contributed by atoms with Gasteiger partial charge in [-0.2, -0.15) is 0 Å². The zero-order valence-corrected chi connectivity index (χ0v) is 15.8. The SMILES string of the molecule is CNC(=O)C1CCCc2sc(/C=C/c3cccc(S(C)(=O)=O)c3)nc21. The Bertz CT molecular complexity index is 930. The molecule has 25 heavy (non-hydrogen) atoms. The van der Waals surface area contributed by atoms with Crippen molar-refractivity contribution in [3.63, 3.8) is 0 Å². The number of aryl methyl sites for hydroxylation is 1. The second-order valence-electron chi connectivity index (χ2n) is 6.10. The van der Waals surface area contributed by atoms with E-state index < -0.39 is 9.84 Å². The smallest absolute Gasteiger partial charge is 0.228 e. The van der Waals surface area contributed by atoms with E-state index in [1.54, 1.807) is 36.6 Å². The van der Waals surface area contributed by atoms with Gasteiger partial charge in [0.05, 0.1) is 16.5 Å². The molecule has 2 aromatic rings. The van der Waals surface area contributed by atoms with Gasteiger partial charge in [-0.15, -0.1) is 11.3 Å². The molecule has 0 fully saturated rings. The van der Waals surface area contributed by atoms with Crippen molar-refractivity contribution in [2.75, 3.05) is 13.3 Å². The number of carbonyl (C=O) groups is 1. The third kappa shape index (κ3) is 3.99. The van der Waals surface area contributed by atoms with Crippen LogP contribution in [0.15, 0.2) is 29.2 Å². The molecule has 1 unspecified atom stereocenters. The van der Waals surface area contributed by atoms with E-state index >= 15 is 0 Å². The van der Waals surface area contributed by atoms with Crippen LogP contribution in [0.2, 0.25) is 0 Å². The van der Waals surface area contributed by atoms with Crippen LogP contribution in [0.25, 0.3) is 12.2 Å². The summed E-state index contributed by atoms with van der Waals surface area (Å²) in [5, 5.41) is 3.55. The van der Waals surface area contributed by atoms with E-state index in [1.165, 1.54) is 11.1 Å². The molecule has 1 aromatic heterocycles. The third-order valence-electron chi connectivity index (χ3n) is 4.24. The first-order chi connectivity index (χ1) is 11.9. The van der Waals surface area contributed by atoms with Gasteiger partial charge in [0.25, 0.3) is 0 Å². The van der Waals surface area contributed by atoms with E-state index in [4.69, 9.17) is 0 Å². The van der Waals surface area contributed by atoms with Crippen LogP contribution >= 0.6 is 11.3 Å². The zero-order valence-electron chi connectivity index (χ0n) is 14.2. The summed E-state index contributed by atoms with van der Waals surface area (Å²) < 4.78 is 23.3. The van der Waals surface area contributed by atoms with Crippen LogP contribution in [0.5, 0.6) is 0 Å². The van der Waals surface area contributed by atoms with Crippen molar-refractivity contribution in [1.29, 1.82) is 0 Å². The maximum Gasteiger partial charge on any atom is 0.228 e. The molecule has 1 aliphatic carbocycles. The van der Waals surface area contributed by atoms with Gasteiger partial charge in [-0.25, -0.2) is 13.4 Å². The lowest BCUT2D eigenvalue weighted by Gasteiger charge is -2.19. The molecule has 1 aliphatic rings. The van der Waals surface area contributed by atoms with E-state index in [9.17, 15) is 13.2 Å². The van der Waals surface area contributed by atoms with Crippen LogP contribution in [0.3, 0.4) is 0 Å². The highest BCUT2D eigenvalue weighted by Crippen LogP contribution is 2.35. The van der Waals surface area contributed by atoms with Gasteiger partial charge in [0, 0.05) is 18.2 Å². The van der Waals surface area contributed by atoms with Crippen molar-refractivity contribution < 1.29 is 13.2 Å². The van der Waals surface area contributed by atoms with Crippen molar-refractivity contribution in [3.05, 3.63) is 45.4 Å². The highest BCUT2D eigenvalue weighted by atomic mass is 32.2. The molecule has 0 aliphatic heterocycles. The Labute approximate surface area is 151 Å². The Balaban J connectivity index is 1.86. The predicted molar refractivity (Wildman–Crippen MR) is 100 cm³/mol. The fourth-order valence-electron chi connectivity index (χ4n) is 2.95. The third-order valence-corrected chi connectivity index (χ3v) is 6.44. The summed E-state index contributed by atoms with van der Waals surface area (Å²) in [6.45, 7) is 0. The molecule has 0 spiro atoms. The molecular formula is C18H20N2O3S2. The fraction of sp³-hybridized carbons (Fsp3) is 0.333. The predicted octanol–water partition coefficient (Wildman–Crippen LogP) is 2.88. The van der Waals surface area contributed by atoms with Crippen LogP contribution < -0.4 is 5.32 Å². The monoisotopic (exact) mass is 376 g/mol. The number of rotatable bonds is 4. The number of carbonyl (C=O) groups excluding carboxylic acids is 1. The van der Waals surface area contributed by atoms with Crippen LogP contribution in [-0.4, -0.2) is 32.6 Å². The van der Waals surface area contributed by atoms with E-state index in [2.05, 4.69) is 10.3 Å². The first kappa shape index (κ1) is 17.8. The maximum atomic E-state index is 12.0. The minimum atomic E-state index is -3.22. The number of nitrogens with one attached hydrogen (secondary N) is 1. The number of aromatic nitrogens is 1. The molecule has 1 amide bonds. The Kier molecular flexibility index (Phi) is 5.06. The highest BCUT2D eigenvalue weighted by Gasteiger charge is 2.29. The Morgan fingerprint density at radius 2 is 2.16 bits per heavy atom. The number of likely N-dealkylation sites (N-methyl/N-ethyl adjacent to an activating group) is 1. The number of amides is 1. The molecule has 1 atom stereocenters. The average Bonchev–Trinajstić information content (AvgIpc) is 3.01. The summed E-state index contributed by atoms with van der Waals surface area (Å²) in [4.78, 5) is 18.1. The maximum absolute atomic E-state index is 12.0. The van der Waals surface area contributed by atoms with Crippen molar-refractivity contribution in [3.8, 4) is 0 Å². The molecule has 1 aromatic carbocycles. The van der Waals surface area contributed by atoms with Crippen molar-refractivity contribution in [2.45, 2.75) is 30.1 Å². The first-order valence-corrected chi connectivity index (χ1v) is 10.8. The number of benzene rings is 1. The second-order valence-corrected chi connectivity index (χ2v) is 9.23. The van der Waals surface area contributed by atoms with Gasteiger partial charge in [0.2, 0.25) is 5.91 Å². The number of hydrogen-bond donors (Lipinski definition) is 1. The highest BCUT2D eigenvalue weighted by molar-refractivity contribution is 7.90. The van der Waals surface area contributed by atoms with Gasteiger partial charge < -0.3 is 5.32 Å². The molecule has 0 radical (unpaired) electrons. The normalized spacial score (nSPS) is 17.4. The van der Waals surface area contributed by atoms with Gasteiger partial charge in [0.1, 0.15) is 5.01 Å². The topological polar surface area (TPSA) is 76.1 Å². The number of fused-ring (bicyclic) bond motifs is 1. The first-order valence-electron chi connectivity index (χ1n) is 8.08. The van der Waals surface area contributed by atoms with Gasteiger partial charge in [-0.1, -0.05) is 18.2 Å². The lowest BCUT2D eigenvalue weighted by atomic mass is 9.90. The van der Waals surface area contributed by atoms with E-state index in [-0.39, 0.29) is 11.8 Å². The minimum Gasteiger partial charge on any atom is -0.359 e.